The molecule has 0 aliphatic rings. The zero-order valence-electron chi connectivity index (χ0n) is 2.10. The van der Waals surface area contributed by atoms with E-state index >= 15 is 0 Å². The molecular formula is H3BN3. The van der Waals surface area contributed by atoms with Crippen LogP contribution in [0, 0.1) is 5.53 Å². The first kappa shape index (κ1) is 9.81. The SMILES string of the molecule is N=NN.[B]. The first-order valence-corrected chi connectivity index (χ1v) is 0.482. The van der Waals surface area contributed by atoms with Crippen molar-refractivity contribution < 1.29 is 0 Å². The summed E-state index contributed by atoms with van der Waals surface area (Å²) in [6.45, 7) is 0. The van der Waals surface area contributed by atoms with Gasteiger partial charge in [0.2, 0.25) is 0 Å². The average Bonchev–Trinajstić information content (AvgIpc) is 0.918. The molecule has 0 spiro atoms. The Bertz CT molecular complexity index is 10.8. The molecule has 0 atom stereocenters. The van der Waals surface area contributed by atoms with Gasteiger partial charge < -0.3 is 5.84 Å². The summed E-state index contributed by atoms with van der Waals surface area (Å²) >= 11 is 0. The van der Waals surface area contributed by atoms with Gasteiger partial charge in [-0.05, 0) is 0 Å². The van der Waals surface area contributed by atoms with E-state index in [2.05, 4.69) is 11.1 Å². The van der Waals surface area contributed by atoms with Crippen LogP contribution >= 0.6 is 0 Å². The van der Waals surface area contributed by atoms with Crippen molar-refractivity contribution in [1.29, 1.82) is 5.53 Å². The molecule has 0 aliphatic heterocycles. The van der Waals surface area contributed by atoms with E-state index in [-0.39, 0.29) is 8.41 Å². The van der Waals surface area contributed by atoms with Gasteiger partial charge in [-0.2, -0.15) is 5.53 Å². The van der Waals surface area contributed by atoms with Crippen molar-refractivity contribution in [2.24, 2.45) is 11.1 Å². The molecule has 3 radical (unpaired) electrons. The van der Waals surface area contributed by atoms with Gasteiger partial charge in [0, 0.05) is 8.41 Å². The number of nitrogens with zero attached hydrogens (tertiary/aromatic N) is 1. The van der Waals surface area contributed by atoms with Crippen LogP contribution in [-0.2, 0) is 0 Å². The van der Waals surface area contributed by atoms with Crippen LogP contribution < -0.4 is 5.84 Å². The normalized spacial score (nSPS) is 3.00. The van der Waals surface area contributed by atoms with E-state index in [1.54, 1.807) is 0 Å². The van der Waals surface area contributed by atoms with Crippen LogP contribution in [-0.4, -0.2) is 8.41 Å². The van der Waals surface area contributed by atoms with E-state index in [4.69, 9.17) is 5.53 Å². The van der Waals surface area contributed by atoms with Crippen LogP contribution in [0.1, 0.15) is 0 Å². The zero-order chi connectivity index (χ0) is 2.71. The summed E-state index contributed by atoms with van der Waals surface area (Å²) in [5.74, 6) is 4.14. The van der Waals surface area contributed by atoms with E-state index in [0.717, 1.165) is 0 Å². The molecule has 3 N–H and O–H groups in total. The van der Waals surface area contributed by atoms with Gasteiger partial charge in [-0.25, -0.2) is 0 Å². The van der Waals surface area contributed by atoms with Crippen molar-refractivity contribution in [1.82, 2.24) is 0 Å². The molecule has 0 saturated carbocycles. The molecule has 0 heterocycles. The molecule has 0 bridgehead atoms. The number of hydrogen-bond acceptors (Lipinski definition) is 2. The van der Waals surface area contributed by atoms with E-state index in [9.17, 15) is 0 Å². The van der Waals surface area contributed by atoms with Crippen molar-refractivity contribution in [2.45, 2.75) is 0 Å². The van der Waals surface area contributed by atoms with E-state index in [1.807, 2.05) is 0 Å². The second kappa shape index (κ2) is 24.5. The molecule has 21 valence electrons. The Morgan fingerprint density at radius 2 is 1.75 bits per heavy atom. The van der Waals surface area contributed by atoms with Gasteiger partial charge in [-0.1, -0.05) is 5.22 Å². The minimum Gasteiger partial charge on any atom is -0.305 e. The second-order valence-corrected chi connectivity index (χ2v) is 0.129. The third kappa shape index (κ3) is 1.11. The number of rotatable bonds is 0. The van der Waals surface area contributed by atoms with Crippen LogP contribution in [0.5, 0.6) is 0 Å². The van der Waals surface area contributed by atoms with Gasteiger partial charge in [-0.15, -0.1) is 0 Å². The summed E-state index contributed by atoms with van der Waals surface area (Å²) in [6, 6.07) is 0. The Labute approximate surface area is 26.2 Å². The Morgan fingerprint density at radius 3 is 1.75 bits per heavy atom. The maximum absolute atomic E-state index is 5.61. The molecule has 4 heteroatoms. The van der Waals surface area contributed by atoms with Crippen LogP contribution in [0.3, 0.4) is 0 Å². The molecule has 0 rings (SSSR count). The number of hydrogen-bond donors (Lipinski definition) is 2. The summed E-state index contributed by atoms with van der Waals surface area (Å²) < 4.78 is 0. The van der Waals surface area contributed by atoms with Gasteiger partial charge in [0.25, 0.3) is 0 Å². The molecule has 3 nitrogen and oxygen atoms in total. The van der Waals surface area contributed by atoms with Crippen LogP contribution in [0.4, 0.5) is 0 Å². The summed E-state index contributed by atoms with van der Waals surface area (Å²) in [5.41, 5.74) is 5.61. The number of nitrogens with two attached hydrogens (primary N) is 1. The standard InChI is InChI=1S/B.H3N3/c;1-3-2/h;(H3,1,2). The average molecular weight is 55.9 g/mol. The van der Waals surface area contributed by atoms with E-state index in [0.29, 0.717) is 0 Å². The third-order valence-corrected chi connectivity index (χ3v) is 0. The first-order chi connectivity index (χ1) is 1.41. The molecule has 0 aromatic carbocycles. The summed E-state index contributed by atoms with van der Waals surface area (Å²) in [5, 5.41) is 2.25. The second-order valence-electron chi connectivity index (χ2n) is 0.129. The van der Waals surface area contributed by atoms with Gasteiger partial charge in [-0.3, -0.25) is 0 Å². The highest BCUT2D eigenvalue weighted by Gasteiger charge is 1.05. The van der Waals surface area contributed by atoms with Gasteiger partial charge in [0.15, 0.2) is 0 Å². The highest BCUT2D eigenvalue weighted by Crippen LogP contribution is 1.13. The fourth-order valence-corrected chi connectivity index (χ4v) is 0. The first-order valence-electron chi connectivity index (χ1n) is 0.482. The minimum absolute atomic E-state index is 0. The van der Waals surface area contributed by atoms with Crippen molar-refractivity contribution in [3.63, 3.8) is 0 Å². The molecule has 0 amide bonds. The number of nitrogens with one attached hydrogen (secondary N) is 1. The molecule has 0 aromatic heterocycles. The Hall–Kier alpha value is -0.535. The quantitative estimate of drug-likeness (QED) is 0.167. The monoisotopic (exact) mass is 56.0 g/mol. The van der Waals surface area contributed by atoms with Crippen molar-refractivity contribution >= 4 is 8.41 Å². The molecule has 0 aromatic rings. The van der Waals surface area contributed by atoms with Crippen LogP contribution in [0.15, 0.2) is 5.22 Å². The lowest BCUT2D eigenvalue weighted by molar-refractivity contribution is 0.991. The van der Waals surface area contributed by atoms with Crippen molar-refractivity contribution in [3.8, 4) is 0 Å². The molecule has 0 aliphatic carbocycles. The predicted molar refractivity (Wildman–Crippen MR) is 15.1 cm³/mol. The molecule has 0 unspecified atom stereocenters. The van der Waals surface area contributed by atoms with Gasteiger partial charge >= 0.3 is 0 Å². The Kier molecular flexibility index (Phi) is 60.0. The van der Waals surface area contributed by atoms with Crippen LogP contribution in [0.2, 0.25) is 0 Å². The summed E-state index contributed by atoms with van der Waals surface area (Å²) in [6.07, 6.45) is 0. The summed E-state index contributed by atoms with van der Waals surface area (Å²) in [4.78, 5) is 0. The smallest absolute Gasteiger partial charge is 0 e. The Balaban J connectivity index is 0. The van der Waals surface area contributed by atoms with Crippen LogP contribution in [0.25, 0.3) is 0 Å². The highest BCUT2D eigenvalue weighted by atomic mass is 15.2. The molecule has 4 heavy (non-hydrogen) atoms. The fourth-order valence-electron chi connectivity index (χ4n) is 0. The van der Waals surface area contributed by atoms with E-state index in [1.165, 1.54) is 0 Å². The lowest BCUT2D eigenvalue weighted by Gasteiger charge is -1.40. The Morgan fingerprint density at radius 1 is 1.75 bits per heavy atom. The maximum atomic E-state index is 5.61. The lowest BCUT2D eigenvalue weighted by atomic mass is 10.8. The maximum Gasteiger partial charge on any atom is 0 e. The van der Waals surface area contributed by atoms with Crippen molar-refractivity contribution in [2.75, 3.05) is 0 Å². The topological polar surface area (TPSA) is 62.2 Å². The fraction of sp³-hybridized carbons (Fsp3) is 0. The minimum atomic E-state index is 0. The van der Waals surface area contributed by atoms with Gasteiger partial charge in [0.05, 0.1) is 0 Å². The van der Waals surface area contributed by atoms with E-state index < -0.39 is 0 Å². The zero-order valence-corrected chi connectivity index (χ0v) is 2.10. The molecule has 0 saturated heterocycles. The molecular weight excluding hydrogens is 52.8 g/mol. The summed E-state index contributed by atoms with van der Waals surface area (Å²) in [7, 11) is 0. The highest BCUT2D eigenvalue weighted by molar-refractivity contribution is 5.75. The van der Waals surface area contributed by atoms with Crippen molar-refractivity contribution in [3.05, 3.63) is 0 Å². The lowest BCUT2D eigenvalue weighted by Crippen LogP contribution is -1.66. The molecule has 0 fully saturated rings. The third-order valence-electron chi connectivity index (χ3n) is 0. The van der Waals surface area contributed by atoms with Gasteiger partial charge in [0.1, 0.15) is 0 Å². The predicted octanol–water partition coefficient (Wildman–Crippen LogP) is -0.490. The largest absolute Gasteiger partial charge is 0.305 e.